The third-order valence-corrected chi connectivity index (χ3v) is 10.7. The Morgan fingerprint density at radius 3 is 1.70 bits per heavy atom. The predicted molar refractivity (Wildman–Crippen MR) is 212 cm³/mol. The molecule has 11 rings (SSSR count). The minimum atomic E-state index is 1.14. The summed E-state index contributed by atoms with van der Waals surface area (Å²) in [5, 5.41) is 11.6. The minimum absolute atomic E-state index is 1.14. The van der Waals surface area contributed by atoms with Crippen LogP contribution in [0.3, 0.4) is 0 Å². The average molecular weight is 635 g/mol. The summed E-state index contributed by atoms with van der Waals surface area (Å²) < 4.78 is 4.87. The van der Waals surface area contributed by atoms with Gasteiger partial charge in [0.25, 0.3) is 0 Å². The van der Waals surface area contributed by atoms with Gasteiger partial charge in [-0.15, -0.1) is 0 Å². The van der Waals surface area contributed by atoms with Gasteiger partial charge in [-0.25, -0.2) is 0 Å². The van der Waals surface area contributed by atoms with E-state index in [9.17, 15) is 0 Å². The van der Waals surface area contributed by atoms with E-state index in [-0.39, 0.29) is 0 Å². The number of hydrogen-bond donors (Lipinski definition) is 0. The van der Waals surface area contributed by atoms with E-state index in [4.69, 9.17) is 0 Å². The molecule has 0 bridgehead atoms. The standard InChI is InChI=1S/C48H30N2/c1-3-10-31(11-4-1)36-28-37(32-12-5-2-6-13-32)30-38(29-36)49-27-26-42-43(49)25-23-40-39-16-7-8-17-44(39)50(48(40)42)45-24-21-35-19-18-33-14-9-15-34-20-22-41(45)47(35)46(33)34/h1-30H. The van der Waals surface area contributed by atoms with Gasteiger partial charge >= 0.3 is 0 Å². The van der Waals surface area contributed by atoms with Crippen molar-refractivity contribution in [2.24, 2.45) is 0 Å². The molecule has 0 N–H and O–H groups in total. The van der Waals surface area contributed by atoms with E-state index in [1.165, 1.54) is 93.0 Å². The number of nitrogens with zero attached hydrogens (tertiary/aromatic N) is 2. The highest BCUT2D eigenvalue weighted by Crippen LogP contribution is 2.42. The van der Waals surface area contributed by atoms with E-state index in [0.717, 1.165) is 5.69 Å². The first-order valence-corrected chi connectivity index (χ1v) is 17.3. The summed E-state index contributed by atoms with van der Waals surface area (Å²) in [5.74, 6) is 0. The highest BCUT2D eigenvalue weighted by molar-refractivity contribution is 6.26. The summed E-state index contributed by atoms with van der Waals surface area (Å²) in [5.41, 5.74) is 10.8. The maximum absolute atomic E-state index is 2.51. The lowest BCUT2D eigenvalue weighted by atomic mass is 9.93. The zero-order valence-electron chi connectivity index (χ0n) is 27.2. The van der Waals surface area contributed by atoms with Crippen molar-refractivity contribution in [3.8, 4) is 33.6 Å². The molecule has 0 radical (unpaired) electrons. The van der Waals surface area contributed by atoms with Gasteiger partial charge in [0.15, 0.2) is 0 Å². The Bertz CT molecular complexity index is 3000. The molecule has 11 aromatic rings. The normalized spacial score (nSPS) is 12.0. The van der Waals surface area contributed by atoms with Crippen molar-refractivity contribution < 1.29 is 0 Å². The van der Waals surface area contributed by atoms with Crippen molar-refractivity contribution in [3.63, 3.8) is 0 Å². The van der Waals surface area contributed by atoms with Crippen LogP contribution in [0.2, 0.25) is 0 Å². The molecule has 0 aliphatic carbocycles. The molecule has 0 unspecified atom stereocenters. The molecule has 2 heteroatoms. The molecule has 50 heavy (non-hydrogen) atoms. The molecule has 9 aromatic carbocycles. The van der Waals surface area contributed by atoms with Crippen LogP contribution < -0.4 is 0 Å². The van der Waals surface area contributed by atoms with Crippen LogP contribution in [-0.4, -0.2) is 9.13 Å². The topological polar surface area (TPSA) is 9.86 Å². The number of aromatic nitrogens is 2. The van der Waals surface area contributed by atoms with Crippen molar-refractivity contribution >= 4 is 65.0 Å². The lowest BCUT2D eigenvalue weighted by Crippen LogP contribution is -1.97. The largest absolute Gasteiger partial charge is 0.316 e. The van der Waals surface area contributed by atoms with E-state index in [2.05, 4.69) is 191 Å². The SMILES string of the molecule is c1ccc(-c2cc(-c3ccccc3)cc(-n3ccc4c3ccc3c5ccccc5n(-c5ccc6ccc7cccc8ccc5c6c78)c34)c2)cc1. The first-order chi connectivity index (χ1) is 24.8. The Morgan fingerprint density at radius 1 is 0.340 bits per heavy atom. The average Bonchev–Trinajstić information content (AvgIpc) is 3.77. The Labute approximate surface area is 289 Å². The van der Waals surface area contributed by atoms with Crippen LogP contribution in [0, 0.1) is 0 Å². The van der Waals surface area contributed by atoms with Gasteiger partial charge in [0.05, 0.1) is 22.2 Å². The molecule has 0 atom stereocenters. The Balaban J connectivity index is 1.21. The van der Waals surface area contributed by atoms with Gasteiger partial charge in [0.2, 0.25) is 0 Å². The third-order valence-electron chi connectivity index (χ3n) is 10.7. The first-order valence-electron chi connectivity index (χ1n) is 17.3. The molecule has 2 aromatic heterocycles. The fourth-order valence-electron chi connectivity index (χ4n) is 8.41. The quantitative estimate of drug-likeness (QED) is 0.171. The Hall–Kier alpha value is -6.64. The van der Waals surface area contributed by atoms with E-state index in [1.807, 2.05) is 0 Å². The molecule has 232 valence electrons. The summed E-state index contributed by atoms with van der Waals surface area (Å²) in [6.07, 6.45) is 2.25. The maximum atomic E-state index is 2.51. The zero-order chi connectivity index (χ0) is 32.8. The second-order valence-electron chi connectivity index (χ2n) is 13.4. The Morgan fingerprint density at radius 2 is 0.960 bits per heavy atom. The molecule has 0 amide bonds. The van der Waals surface area contributed by atoms with Crippen LogP contribution in [0.25, 0.3) is 98.7 Å². The van der Waals surface area contributed by atoms with Crippen molar-refractivity contribution in [3.05, 3.63) is 182 Å². The lowest BCUT2D eigenvalue weighted by molar-refractivity contribution is 1.13. The van der Waals surface area contributed by atoms with Crippen LogP contribution in [0.4, 0.5) is 0 Å². The predicted octanol–water partition coefficient (Wildman–Crippen LogP) is 13.0. The Kier molecular flexibility index (Phi) is 5.70. The van der Waals surface area contributed by atoms with Crippen molar-refractivity contribution in [2.75, 3.05) is 0 Å². The summed E-state index contributed by atoms with van der Waals surface area (Å²) in [6.45, 7) is 0. The van der Waals surface area contributed by atoms with Gasteiger partial charge in [-0.1, -0.05) is 133 Å². The van der Waals surface area contributed by atoms with E-state index < -0.39 is 0 Å². The number of para-hydroxylation sites is 1. The first kappa shape index (κ1) is 27.3. The molecule has 0 aliphatic rings. The minimum Gasteiger partial charge on any atom is -0.316 e. The van der Waals surface area contributed by atoms with Crippen LogP contribution in [0.1, 0.15) is 0 Å². The molecular formula is C48H30N2. The van der Waals surface area contributed by atoms with Gasteiger partial charge in [-0.3, -0.25) is 0 Å². The highest BCUT2D eigenvalue weighted by atomic mass is 15.0. The van der Waals surface area contributed by atoms with Gasteiger partial charge in [0.1, 0.15) is 0 Å². The fourth-order valence-corrected chi connectivity index (χ4v) is 8.41. The summed E-state index contributed by atoms with van der Waals surface area (Å²) >= 11 is 0. The molecule has 0 saturated carbocycles. The molecule has 0 spiro atoms. The molecule has 0 fully saturated rings. The molecule has 2 heterocycles. The van der Waals surface area contributed by atoms with Crippen LogP contribution in [0.5, 0.6) is 0 Å². The molecule has 0 saturated heterocycles. The number of hydrogen-bond acceptors (Lipinski definition) is 0. The molecule has 2 nitrogen and oxygen atoms in total. The summed E-state index contributed by atoms with van der Waals surface area (Å²) in [7, 11) is 0. The summed E-state index contributed by atoms with van der Waals surface area (Å²) in [6, 6.07) is 64.5. The van der Waals surface area contributed by atoms with Crippen molar-refractivity contribution in [2.45, 2.75) is 0 Å². The van der Waals surface area contributed by atoms with Gasteiger partial charge in [0, 0.05) is 33.4 Å². The van der Waals surface area contributed by atoms with Crippen LogP contribution in [0.15, 0.2) is 182 Å². The van der Waals surface area contributed by atoms with E-state index >= 15 is 0 Å². The number of benzene rings is 9. The van der Waals surface area contributed by atoms with Crippen LogP contribution >= 0.6 is 0 Å². The second-order valence-corrected chi connectivity index (χ2v) is 13.4. The highest BCUT2D eigenvalue weighted by Gasteiger charge is 2.20. The zero-order valence-corrected chi connectivity index (χ0v) is 27.2. The maximum Gasteiger partial charge on any atom is 0.0635 e. The van der Waals surface area contributed by atoms with Crippen molar-refractivity contribution in [1.82, 2.24) is 9.13 Å². The molecule has 0 aliphatic heterocycles. The summed E-state index contributed by atoms with van der Waals surface area (Å²) in [4.78, 5) is 0. The smallest absolute Gasteiger partial charge is 0.0635 e. The number of rotatable bonds is 4. The fraction of sp³-hybridized carbons (Fsp3) is 0. The molecular weight excluding hydrogens is 605 g/mol. The third kappa shape index (κ3) is 3.90. The van der Waals surface area contributed by atoms with Crippen molar-refractivity contribution in [1.29, 1.82) is 0 Å². The van der Waals surface area contributed by atoms with E-state index in [0.29, 0.717) is 0 Å². The lowest BCUT2D eigenvalue weighted by Gasteiger charge is -2.16. The van der Waals surface area contributed by atoms with Crippen LogP contribution in [-0.2, 0) is 0 Å². The second kappa shape index (κ2) is 10.4. The van der Waals surface area contributed by atoms with Gasteiger partial charge in [-0.2, -0.15) is 0 Å². The van der Waals surface area contributed by atoms with Gasteiger partial charge < -0.3 is 9.13 Å². The van der Waals surface area contributed by atoms with E-state index in [1.54, 1.807) is 0 Å². The monoisotopic (exact) mass is 634 g/mol. The number of fused-ring (bicyclic) bond motifs is 5. The van der Waals surface area contributed by atoms with Gasteiger partial charge in [-0.05, 0) is 91.6 Å².